The van der Waals surface area contributed by atoms with Crippen LogP contribution in [-0.2, 0) is 0 Å². The lowest BCUT2D eigenvalue weighted by molar-refractivity contribution is 0.0695. The molecule has 0 fully saturated rings. The molecule has 0 spiro atoms. The van der Waals surface area contributed by atoms with Gasteiger partial charge in [-0.1, -0.05) is 11.6 Å². The van der Waals surface area contributed by atoms with E-state index in [0.717, 1.165) is 11.3 Å². The van der Waals surface area contributed by atoms with Gasteiger partial charge in [-0.05, 0) is 31.9 Å². The predicted octanol–water partition coefficient (Wildman–Crippen LogP) is 2.36. The first-order valence-corrected chi connectivity index (χ1v) is 4.19. The van der Waals surface area contributed by atoms with Gasteiger partial charge in [-0.25, -0.2) is 9.78 Å². The summed E-state index contributed by atoms with van der Waals surface area (Å²) in [5, 5.41) is 8.90. The molecule has 0 aliphatic rings. The molecule has 0 radical (unpaired) electrons. The minimum Gasteiger partial charge on any atom is -0.478 e. The summed E-state index contributed by atoms with van der Waals surface area (Å²) in [6, 6.07) is 0. The number of nitrogens with zero attached hydrogens (tertiary/aromatic N) is 1. The van der Waals surface area contributed by atoms with E-state index in [9.17, 15) is 4.79 Å². The summed E-state index contributed by atoms with van der Waals surface area (Å²) in [7, 11) is 0. The van der Waals surface area contributed by atoms with Crippen molar-refractivity contribution in [2.24, 2.45) is 0 Å². The van der Waals surface area contributed by atoms with E-state index >= 15 is 0 Å². The maximum absolute atomic E-state index is 10.8. The molecule has 70 valence electrons. The Balaban J connectivity index is 3.53. The highest BCUT2D eigenvalue weighted by Crippen LogP contribution is 2.22. The van der Waals surface area contributed by atoms with E-state index in [0.29, 0.717) is 5.56 Å². The van der Waals surface area contributed by atoms with Gasteiger partial charge in [0.05, 0.1) is 5.56 Å². The highest BCUT2D eigenvalue weighted by Gasteiger charge is 2.16. The minimum atomic E-state index is -1.03. The van der Waals surface area contributed by atoms with E-state index in [1.807, 2.05) is 6.92 Å². The molecule has 1 heterocycles. The summed E-state index contributed by atoms with van der Waals surface area (Å²) in [6.07, 6.45) is 0. The Kier molecular flexibility index (Phi) is 2.57. The molecule has 0 unspecified atom stereocenters. The van der Waals surface area contributed by atoms with Crippen molar-refractivity contribution in [3.05, 3.63) is 27.5 Å². The Labute approximate surface area is 81.4 Å². The van der Waals surface area contributed by atoms with Crippen LogP contribution in [0.1, 0.15) is 27.2 Å². The lowest BCUT2D eigenvalue weighted by Crippen LogP contribution is -2.06. The Bertz CT molecular complexity index is 374. The monoisotopic (exact) mass is 199 g/mol. The van der Waals surface area contributed by atoms with Crippen LogP contribution in [0.2, 0.25) is 5.15 Å². The molecular formula is C9H10ClNO2. The number of hydrogen-bond acceptors (Lipinski definition) is 2. The van der Waals surface area contributed by atoms with Crippen molar-refractivity contribution >= 4 is 17.6 Å². The standard InChI is InChI=1S/C9H10ClNO2/c1-4-5(2)7(9(12)13)8(10)11-6(4)3/h1-3H3,(H,12,13). The summed E-state index contributed by atoms with van der Waals surface area (Å²) in [4.78, 5) is 14.7. The fraction of sp³-hybridized carbons (Fsp3) is 0.333. The van der Waals surface area contributed by atoms with Gasteiger partial charge in [-0.2, -0.15) is 0 Å². The van der Waals surface area contributed by atoms with Crippen LogP contribution in [0.5, 0.6) is 0 Å². The maximum Gasteiger partial charge on any atom is 0.339 e. The van der Waals surface area contributed by atoms with Crippen LogP contribution >= 0.6 is 11.6 Å². The van der Waals surface area contributed by atoms with Crippen molar-refractivity contribution in [2.45, 2.75) is 20.8 Å². The van der Waals surface area contributed by atoms with E-state index < -0.39 is 5.97 Å². The zero-order valence-corrected chi connectivity index (χ0v) is 8.44. The molecule has 0 aliphatic carbocycles. The molecule has 1 aromatic heterocycles. The second kappa shape index (κ2) is 3.34. The third-order valence-electron chi connectivity index (χ3n) is 2.17. The van der Waals surface area contributed by atoms with E-state index in [1.165, 1.54) is 0 Å². The van der Waals surface area contributed by atoms with Crippen LogP contribution in [0.15, 0.2) is 0 Å². The zero-order chi connectivity index (χ0) is 10.2. The number of halogens is 1. The first-order chi connectivity index (χ1) is 5.95. The molecule has 13 heavy (non-hydrogen) atoms. The van der Waals surface area contributed by atoms with Crippen LogP contribution in [-0.4, -0.2) is 16.1 Å². The number of carboxylic acid groups (broad SMARTS) is 1. The van der Waals surface area contributed by atoms with Crippen molar-refractivity contribution in [2.75, 3.05) is 0 Å². The predicted molar refractivity (Wildman–Crippen MR) is 50.4 cm³/mol. The summed E-state index contributed by atoms with van der Waals surface area (Å²) in [6.45, 7) is 5.37. The van der Waals surface area contributed by atoms with E-state index in [-0.39, 0.29) is 10.7 Å². The number of hydrogen-bond donors (Lipinski definition) is 1. The fourth-order valence-corrected chi connectivity index (χ4v) is 1.50. The molecule has 0 atom stereocenters. The second-order valence-corrected chi connectivity index (χ2v) is 3.28. The lowest BCUT2D eigenvalue weighted by Gasteiger charge is -2.08. The molecular weight excluding hydrogens is 190 g/mol. The lowest BCUT2D eigenvalue weighted by atomic mass is 10.0. The second-order valence-electron chi connectivity index (χ2n) is 2.92. The van der Waals surface area contributed by atoms with Gasteiger partial charge in [0.1, 0.15) is 5.15 Å². The molecule has 4 heteroatoms. The molecule has 1 rings (SSSR count). The summed E-state index contributed by atoms with van der Waals surface area (Å²) < 4.78 is 0. The average Bonchev–Trinajstić information content (AvgIpc) is 1.99. The molecule has 1 N–H and O–H groups in total. The van der Waals surface area contributed by atoms with Crippen LogP contribution in [0.4, 0.5) is 0 Å². The quantitative estimate of drug-likeness (QED) is 0.707. The molecule has 0 bridgehead atoms. The smallest absolute Gasteiger partial charge is 0.339 e. The van der Waals surface area contributed by atoms with Gasteiger partial charge >= 0.3 is 5.97 Å². The highest BCUT2D eigenvalue weighted by molar-refractivity contribution is 6.32. The summed E-state index contributed by atoms with van der Waals surface area (Å²) in [5.74, 6) is -1.03. The Morgan fingerprint density at radius 2 is 1.85 bits per heavy atom. The van der Waals surface area contributed by atoms with Gasteiger partial charge in [-0.3, -0.25) is 0 Å². The SMILES string of the molecule is Cc1nc(Cl)c(C(=O)O)c(C)c1C. The van der Waals surface area contributed by atoms with Crippen molar-refractivity contribution in [1.29, 1.82) is 0 Å². The van der Waals surface area contributed by atoms with E-state index in [1.54, 1.807) is 13.8 Å². The number of aromatic carboxylic acids is 1. The molecule has 1 aromatic rings. The van der Waals surface area contributed by atoms with Crippen molar-refractivity contribution in [3.63, 3.8) is 0 Å². The van der Waals surface area contributed by atoms with Gasteiger partial charge < -0.3 is 5.11 Å². The van der Waals surface area contributed by atoms with Crippen molar-refractivity contribution < 1.29 is 9.90 Å². The van der Waals surface area contributed by atoms with Crippen molar-refractivity contribution in [1.82, 2.24) is 4.98 Å². The third kappa shape index (κ3) is 1.65. The summed E-state index contributed by atoms with van der Waals surface area (Å²) >= 11 is 5.71. The van der Waals surface area contributed by atoms with E-state index in [4.69, 9.17) is 16.7 Å². The van der Waals surface area contributed by atoms with E-state index in [2.05, 4.69) is 4.98 Å². The molecule has 3 nitrogen and oxygen atoms in total. The number of aryl methyl sites for hydroxylation is 1. The first-order valence-electron chi connectivity index (χ1n) is 3.81. The Morgan fingerprint density at radius 3 is 2.31 bits per heavy atom. The van der Waals surface area contributed by atoms with Crippen LogP contribution in [0, 0.1) is 20.8 Å². The summed E-state index contributed by atoms with van der Waals surface area (Å²) in [5.41, 5.74) is 2.43. The van der Waals surface area contributed by atoms with Crippen LogP contribution in [0.3, 0.4) is 0 Å². The molecule has 0 saturated heterocycles. The normalized spacial score (nSPS) is 10.2. The van der Waals surface area contributed by atoms with Crippen LogP contribution in [0.25, 0.3) is 0 Å². The highest BCUT2D eigenvalue weighted by atomic mass is 35.5. The van der Waals surface area contributed by atoms with Crippen LogP contribution < -0.4 is 0 Å². The first kappa shape index (κ1) is 9.99. The molecule has 0 aliphatic heterocycles. The average molecular weight is 200 g/mol. The molecule has 0 amide bonds. The number of rotatable bonds is 1. The van der Waals surface area contributed by atoms with Gasteiger partial charge in [0.25, 0.3) is 0 Å². The molecule has 0 aromatic carbocycles. The minimum absolute atomic E-state index is 0.0631. The van der Waals surface area contributed by atoms with Gasteiger partial charge in [0.2, 0.25) is 0 Å². The fourth-order valence-electron chi connectivity index (χ4n) is 1.15. The zero-order valence-electron chi connectivity index (χ0n) is 7.68. The van der Waals surface area contributed by atoms with Gasteiger partial charge in [0, 0.05) is 5.69 Å². The number of aromatic nitrogens is 1. The number of carboxylic acids is 1. The third-order valence-corrected chi connectivity index (χ3v) is 2.44. The number of pyridine rings is 1. The van der Waals surface area contributed by atoms with Crippen molar-refractivity contribution in [3.8, 4) is 0 Å². The van der Waals surface area contributed by atoms with Gasteiger partial charge in [0.15, 0.2) is 0 Å². The Hall–Kier alpha value is -1.09. The Morgan fingerprint density at radius 1 is 1.31 bits per heavy atom. The molecule has 0 saturated carbocycles. The maximum atomic E-state index is 10.8. The van der Waals surface area contributed by atoms with Gasteiger partial charge in [-0.15, -0.1) is 0 Å². The number of carbonyl (C=O) groups is 1. The largest absolute Gasteiger partial charge is 0.478 e. The topological polar surface area (TPSA) is 50.2 Å².